The summed E-state index contributed by atoms with van der Waals surface area (Å²) in [4.78, 5) is 11.7. The second-order valence-electron chi connectivity index (χ2n) is 8.59. The molecule has 1 heterocycles. The van der Waals surface area contributed by atoms with E-state index >= 15 is 0 Å². The zero-order valence-corrected chi connectivity index (χ0v) is 20.0. The van der Waals surface area contributed by atoms with E-state index in [2.05, 4.69) is 12.6 Å². The van der Waals surface area contributed by atoms with Crippen molar-refractivity contribution in [2.45, 2.75) is 37.7 Å². The maximum Gasteiger partial charge on any atom is 0.235 e. The third kappa shape index (κ3) is 6.61. The molecule has 180 valence electrons. The van der Waals surface area contributed by atoms with Crippen LogP contribution >= 0.6 is 0 Å². The molecular weight excluding hydrogens is 464 g/mol. The van der Waals surface area contributed by atoms with Crippen LogP contribution in [-0.2, 0) is 14.8 Å². The van der Waals surface area contributed by atoms with Crippen molar-refractivity contribution in [2.75, 3.05) is 5.75 Å². The van der Waals surface area contributed by atoms with Crippen molar-refractivity contribution < 1.29 is 22.7 Å². The Hall–Kier alpha value is -3.83. The van der Waals surface area contributed by atoms with E-state index in [0.717, 1.165) is 17.6 Å². The Morgan fingerprint density at radius 2 is 1.77 bits per heavy atom. The quantitative estimate of drug-likeness (QED) is 0.662. The maximum absolute atomic E-state index is 11.8. The van der Waals surface area contributed by atoms with E-state index in [1.54, 1.807) is 24.3 Å². The normalized spacial score (nSPS) is 24.4. The number of rotatable bonds is 5. The average molecular weight is 491 g/mol. The molecule has 4 rings (SSSR count). The lowest BCUT2D eigenvalue weighted by molar-refractivity contribution is -0.119. The molecule has 0 bridgehead atoms. The van der Waals surface area contributed by atoms with Crippen molar-refractivity contribution in [3.63, 3.8) is 0 Å². The first-order valence-corrected chi connectivity index (χ1v) is 13.0. The van der Waals surface area contributed by atoms with Crippen LogP contribution < -0.4 is 14.2 Å². The van der Waals surface area contributed by atoms with Gasteiger partial charge in [0.25, 0.3) is 0 Å². The van der Waals surface area contributed by atoms with Crippen LogP contribution in [0.2, 0.25) is 0 Å². The number of nitrogens with zero attached hydrogens (tertiary/aromatic N) is 1. The Kier molecular flexibility index (Phi) is 7.37. The predicted molar refractivity (Wildman–Crippen MR) is 132 cm³/mol. The first-order chi connectivity index (χ1) is 16.8. The summed E-state index contributed by atoms with van der Waals surface area (Å²) in [5.74, 6) is 1.05. The molecule has 2 aromatic rings. The minimum Gasteiger partial charge on any atom is -0.490 e. The van der Waals surface area contributed by atoms with Crippen LogP contribution in [0.15, 0.2) is 84.7 Å². The second-order valence-corrected chi connectivity index (χ2v) is 10.4. The van der Waals surface area contributed by atoms with Crippen LogP contribution in [0.4, 0.5) is 0 Å². The summed E-state index contributed by atoms with van der Waals surface area (Å²) >= 11 is 0. The Morgan fingerprint density at radius 3 is 2.46 bits per heavy atom. The first-order valence-electron chi connectivity index (χ1n) is 11.3. The van der Waals surface area contributed by atoms with Gasteiger partial charge >= 0.3 is 0 Å². The highest BCUT2D eigenvalue weighted by molar-refractivity contribution is 7.90. The molecule has 1 aliphatic carbocycles. The minimum atomic E-state index is -3.58. The fourth-order valence-electron chi connectivity index (χ4n) is 4.05. The van der Waals surface area contributed by atoms with E-state index in [4.69, 9.17) is 14.7 Å². The highest BCUT2D eigenvalue weighted by Gasteiger charge is 2.30. The number of hydrogen-bond acceptors (Lipinski definition) is 6. The van der Waals surface area contributed by atoms with Gasteiger partial charge in [-0.25, -0.2) is 8.42 Å². The molecule has 1 fully saturated rings. The number of hydrogen-bond donors (Lipinski definition) is 1. The van der Waals surface area contributed by atoms with Gasteiger partial charge in [0, 0.05) is 18.8 Å². The van der Waals surface area contributed by atoms with Gasteiger partial charge in [-0.2, -0.15) is 5.26 Å². The smallest absolute Gasteiger partial charge is 0.235 e. The van der Waals surface area contributed by atoms with E-state index in [0.29, 0.717) is 35.7 Å². The van der Waals surface area contributed by atoms with E-state index in [9.17, 15) is 13.2 Å². The SMILES string of the molecule is C=C1CC[C@@H](Oc2ccc(C3CC(=O)NS(=O)(=O)C3)cc2)C/C=C\C=C/1Oc1ccc(C#N)cc1. The van der Waals surface area contributed by atoms with Crippen molar-refractivity contribution in [3.05, 3.63) is 95.8 Å². The number of allylic oxidation sites excluding steroid dienone is 3. The van der Waals surface area contributed by atoms with Gasteiger partial charge in [-0.15, -0.1) is 0 Å². The van der Waals surface area contributed by atoms with E-state index in [-0.39, 0.29) is 24.2 Å². The molecule has 0 saturated carbocycles. The standard InChI is InChI=1S/C27H26N2O5S/c1-19-6-11-23(4-2-3-5-26(19)34-25-12-7-20(17-28)8-13-25)33-24-14-9-21(10-15-24)22-16-27(30)29-35(31,32)18-22/h2-3,5,7-10,12-15,22-23H,1,4,6,11,16,18H2,(H,29,30)/b3-2-,26-5+/t22?,23-/m0/s1. The number of benzene rings is 2. The van der Waals surface area contributed by atoms with Crippen LogP contribution in [0.1, 0.15) is 42.7 Å². The molecule has 2 aliphatic rings. The van der Waals surface area contributed by atoms with Gasteiger partial charge in [0.1, 0.15) is 23.4 Å². The van der Waals surface area contributed by atoms with Crippen molar-refractivity contribution in [1.29, 1.82) is 5.26 Å². The van der Waals surface area contributed by atoms with E-state index in [1.807, 2.05) is 47.2 Å². The first kappa shape index (κ1) is 24.3. The number of carbonyl (C=O) groups excluding carboxylic acids is 1. The molecule has 2 aromatic carbocycles. The molecule has 2 atom stereocenters. The lowest BCUT2D eigenvalue weighted by Crippen LogP contribution is -2.40. The van der Waals surface area contributed by atoms with Crippen LogP contribution in [0, 0.1) is 11.3 Å². The lowest BCUT2D eigenvalue weighted by atomic mass is 9.97. The largest absolute Gasteiger partial charge is 0.490 e. The third-order valence-corrected chi connectivity index (χ3v) is 7.27. The molecule has 0 aromatic heterocycles. The fraction of sp³-hybridized carbons (Fsp3) is 0.259. The molecule has 1 unspecified atom stereocenters. The summed E-state index contributed by atoms with van der Waals surface area (Å²) in [6, 6.07) is 16.3. The van der Waals surface area contributed by atoms with E-state index < -0.39 is 15.9 Å². The Labute approximate surface area is 205 Å². The molecule has 0 radical (unpaired) electrons. The number of amides is 1. The molecule has 1 amide bonds. The molecule has 0 spiro atoms. The predicted octanol–water partition coefficient (Wildman–Crippen LogP) is 4.50. The zero-order valence-electron chi connectivity index (χ0n) is 19.1. The molecule has 7 nitrogen and oxygen atoms in total. The van der Waals surface area contributed by atoms with Crippen LogP contribution in [0.25, 0.3) is 0 Å². The molecular formula is C27H26N2O5S. The number of carbonyl (C=O) groups is 1. The van der Waals surface area contributed by atoms with Gasteiger partial charge in [-0.3, -0.25) is 9.52 Å². The number of sulfonamides is 1. The molecule has 1 aliphatic heterocycles. The second kappa shape index (κ2) is 10.6. The number of ether oxygens (including phenoxy) is 2. The topological polar surface area (TPSA) is 105 Å². The van der Waals surface area contributed by atoms with Crippen molar-refractivity contribution in [2.24, 2.45) is 0 Å². The summed E-state index contributed by atoms with van der Waals surface area (Å²) in [6.45, 7) is 4.17. The molecule has 8 heteroatoms. The number of nitrogens with one attached hydrogen (secondary N) is 1. The van der Waals surface area contributed by atoms with Crippen LogP contribution in [0.5, 0.6) is 11.5 Å². The molecule has 35 heavy (non-hydrogen) atoms. The summed E-state index contributed by atoms with van der Waals surface area (Å²) in [6.07, 6.45) is 8.02. The van der Waals surface area contributed by atoms with Crippen LogP contribution in [-0.4, -0.2) is 26.2 Å². The Bertz CT molecular complexity index is 1300. The van der Waals surface area contributed by atoms with Crippen molar-refractivity contribution >= 4 is 15.9 Å². The Morgan fingerprint density at radius 1 is 1.06 bits per heavy atom. The summed E-state index contributed by atoms with van der Waals surface area (Å²) in [5.41, 5.74) is 2.22. The van der Waals surface area contributed by atoms with Gasteiger partial charge < -0.3 is 9.47 Å². The molecule has 1 saturated heterocycles. The highest BCUT2D eigenvalue weighted by Crippen LogP contribution is 2.28. The summed E-state index contributed by atoms with van der Waals surface area (Å²) in [5, 5.41) is 8.95. The van der Waals surface area contributed by atoms with Crippen molar-refractivity contribution in [3.8, 4) is 17.6 Å². The fourth-order valence-corrected chi connectivity index (χ4v) is 5.40. The number of nitriles is 1. The Balaban J connectivity index is 1.36. The van der Waals surface area contributed by atoms with Gasteiger partial charge in [0.15, 0.2) is 0 Å². The van der Waals surface area contributed by atoms with E-state index in [1.165, 1.54) is 0 Å². The lowest BCUT2D eigenvalue weighted by Gasteiger charge is -2.23. The summed E-state index contributed by atoms with van der Waals surface area (Å²) in [7, 11) is -3.58. The van der Waals surface area contributed by atoms with Crippen molar-refractivity contribution in [1.82, 2.24) is 4.72 Å². The van der Waals surface area contributed by atoms with Crippen LogP contribution in [0.3, 0.4) is 0 Å². The van der Waals surface area contributed by atoms with Gasteiger partial charge in [-0.1, -0.05) is 30.9 Å². The van der Waals surface area contributed by atoms with Gasteiger partial charge in [0.05, 0.1) is 17.4 Å². The van der Waals surface area contributed by atoms with Gasteiger partial charge in [0.2, 0.25) is 15.9 Å². The monoisotopic (exact) mass is 490 g/mol. The summed E-state index contributed by atoms with van der Waals surface area (Å²) < 4.78 is 37.9. The highest BCUT2D eigenvalue weighted by atomic mass is 32.2. The third-order valence-electron chi connectivity index (χ3n) is 5.89. The maximum atomic E-state index is 11.8. The average Bonchev–Trinajstić information content (AvgIpc) is 2.91. The van der Waals surface area contributed by atoms with Gasteiger partial charge in [-0.05, 0) is 66.5 Å². The zero-order chi connectivity index (χ0) is 24.8. The minimum absolute atomic E-state index is 0.0719. The molecule has 1 N–H and O–H groups in total.